The van der Waals surface area contributed by atoms with Crippen LogP contribution in [0.15, 0.2) is 12.5 Å². The Bertz CT molecular complexity index is 591. The number of rotatable bonds is 4. The van der Waals surface area contributed by atoms with Gasteiger partial charge in [-0.05, 0) is 19.3 Å². The maximum absolute atomic E-state index is 6.16. The van der Waals surface area contributed by atoms with Gasteiger partial charge in [0.25, 0.3) is 0 Å². The van der Waals surface area contributed by atoms with Gasteiger partial charge in [-0.3, -0.25) is 0 Å². The predicted molar refractivity (Wildman–Crippen MR) is 79.5 cm³/mol. The molecule has 20 heavy (non-hydrogen) atoms. The number of imidazole rings is 2. The van der Waals surface area contributed by atoms with E-state index in [0.29, 0.717) is 11.7 Å². The molecule has 0 saturated heterocycles. The van der Waals surface area contributed by atoms with Gasteiger partial charge in [-0.1, -0.05) is 19.8 Å². The lowest BCUT2D eigenvalue weighted by molar-refractivity contribution is 0.647. The summed E-state index contributed by atoms with van der Waals surface area (Å²) in [4.78, 5) is 8.94. The molecule has 2 aromatic heterocycles. The molecule has 3 rings (SSSR count). The quantitative estimate of drug-likeness (QED) is 0.836. The van der Waals surface area contributed by atoms with Gasteiger partial charge in [0.05, 0.1) is 18.2 Å². The van der Waals surface area contributed by atoms with Crippen LogP contribution in [0.1, 0.15) is 50.8 Å². The highest BCUT2D eigenvalue weighted by Gasteiger charge is 2.25. The van der Waals surface area contributed by atoms with Gasteiger partial charge in [-0.25, -0.2) is 14.6 Å². The van der Waals surface area contributed by atoms with Crippen LogP contribution in [0.25, 0.3) is 11.4 Å². The minimum absolute atomic E-state index is 0.443. The maximum Gasteiger partial charge on any atom is 0.152 e. The molecule has 6 heteroatoms. The van der Waals surface area contributed by atoms with Crippen LogP contribution < -0.4 is 11.6 Å². The largest absolute Gasteiger partial charge is 0.382 e. The van der Waals surface area contributed by atoms with Crippen LogP contribution in [-0.2, 0) is 6.54 Å². The van der Waals surface area contributed by atoms with Gasteiger partial charge in [0, 0.05) is 12.5 Å². The molecule has 1 saturated carbocycles. The molecule has 2 heterocycles. The molecule has 1 fully saturated rings. The topological polar surface area (TPSA) is 87.7 Å². The van der Waals surface area contributed by atoms with Gasteiger partial charge < -0.3 is 16.1 Å². The van der Waals surface area contributed by atoms with E-state index in [2.05, 4.69) is 16.5 Å². The van der Waals surface area contributed by atoms with Gasteiger partial charge in [0.2, 0.25) is 0 Å². The highest BCUT2D eigenvalue weighted by atomic mass is 15.4. The Morgan fingerprint density at radius 2 is 2.10 bits per heavy atom. The van der Waals surface area contributed by atoms with E-state index in [0.717, 1.165) is 43.0 Å². The summed E-state index contributed by atoms with van der Waals surface area (Å²) in [5.74, 6) is 8.00. The normalized spacial score (nSPS) is 16.1. The highest BCUT2D eigenvalue weighted by Crippen LogP contribution is 2.36. The number of nitrogens with zero attached hydrogens (tertiary/aromatic N) is 4. The first-order valence-electron chi connectivity index (χ1n) is 7.36. The summed E-state index contributed by atoms with van der Waals surface area (Å²) in [5.41, 5.74) is 7.88. The lowest BCUT2D eigenvalue weighted by Crippen LogP contribution is -2.17. The molecular formula is C14H22N6. The average Bonchev–Trinajstić information content (AvgIpc) is 3.14. The van der Waals surface area contributed by atoms with Crippen molar-refractivity contribution in [2.75, 3.05) is 11.6 Å². The van der Waals surface area contributed by atoms with Crippen molar-refractivity contribution >= 4 is 5.82 Å². The Morgan fingerprint density at radius 3 is 2.80 bits per heavy atom. The minimum atomic E-state index is 0.443. The summed E-state index contributed by atoms with van der Waals surface area (Å²) < 4.78 is 3.64. The van der Waals surface area contributed by atoms with Crippen molar-refractivity contribution in [2.45, 2.75) is 51.5 Å². The smallest absolute Gasteiger partial charge is 0.152 e. The number of nitrogen functional groups attached to an aromatic ring is 2. The first-order valence-corrected chi connectivity index (χ1v) is 7.36. The summed E-state index contributed by atoms with van der Waals surface area (Å²) in [6.45, 7) is 3.05. The molecule has 1 aliphatic rings. The van der Waals surface area contributed by atoms with Crippen molar-refractivity contribution in [3.05, 3.63) is 18.3 Å². The summed E-state index contributed by atoms with van der Waals surface area (Å²) in [7, 11) is 0. The van der Waals surface area contributed by atoms with Crippen molar-refractivity contribution in [3.63, 3.8) is 0 Å². The summed E-state index contributed by atoms with van der Waals surface area (Å²) in [6, 6.07) is 0. The first kappa shape index (κ1) is 13.0. The van der Waals surface area contributed by atoms with E-state index in [1.54, 1.807) is 4.68 Å². The third kappa shape index (κ3) is 2.05. The van der Waals surface area contributed by atoms with Gasteiger partial charge >= 0.3 is 0 Å². The van der Waals surface area contributed by atoms with Crippen LogP contribution in [-0.4, -0.2) is 19.2 Å². The van der Waals surface area contributed by atoms with E-state index < -0.39 is 0 Å². The minimum Gasteiger partial charge on any atom is -0.382 e. The van der Waals surface area contributed by atoms with E-state index in [4.69, 9.17) is 16.6 Å². The van der Waals surface area contributed by atoms with E-state index in [-0.39, 0.29) is 0 Å². The molecule has 0 unspecified atom stereocenters. The number of hydrogen-bond donors (Lipinski definition) is 2. The summed E-state index contributed by atoms with van der Waals surface area (Å²) in [6.07, 6.45) is 9.49. The van der Waals surface area contributed by atoms with Gasteiger partial charge in [-0.2, -0.15) is 0 Å². The molecule has 0 amide bonds. The lowest BCUT2D eigenvalue weighted by Gasteiger charge is -2.08. The Labute approximate surface area is 118 Å². The second-order valence-corrected chi connectivity index (χ2v) is 5.53. The Kier molecular flexibility index (Phi) is 3.38. The van der Waals surface area contributed by atoms with Crippen molar-refractivity contribution < 1.29 is 0 Å². The van der Waals surface area contributed by atoms with Gasteiger partial charge in [-0.15, -0.1) is 0 Å². The number of hydrogen-bond acceptors (Lipinski definition) is 4. The maximum atomic E-state index is 6.16. The average molecular weight is 274 g/mol. The molecule has 0 spiro atoms. The van der Waals surface area contributed by atoms with Crippen LogP contribution >= 0.6 is 0 Å². The van der Waals surface area contributed by atoms with E-state index in [9.17, 15) is 0 Å². The molecule has 1 aliphatic carbocycles. The van der Waals surface area contributed by atoms with Gasteiger partial charge in [0.15, 0.2) is 5.82 Å². The zero-order valence-electron chi connectivity index (χ0n) is 11.9. The fourth-order valence-electron chi connectivity index (χ4n) is 3.06. The monoisotopic (exact) mass is 274 g/mol. The second kappa shape index (κ2) is 5.19. The predicted octanol–water partition coefficient (Wildman–Crippen LogP) is 2.11. The standard InChI is InChI=1S/C14H22N6/c1-2-7-19-9-17-8-11(19)12-13(15)20(16)14(18-12)10-5-3-4-6-10/h8-10H,2-7,15-16H2,1H3. The van der Waals surface area contributed by atoms with Crippen LogP contribution in [0.2, 0.25) is 0 Å². The van der Waals surface area contributed by atoms with E-state index >= 15 is 0 Å². The SMILES string of the molecule is CCCn1cncc1-c1nc(C2CCCC2)n(N)c1N. The van der Waals surface area contributed by atoms with Crippen molar-refractivity contribution in [1.82, 2.24) is 19.2 Å². The first-order chi connectivity index (χ1) is 9.72. The molecule has 0 aromatic carbocycles. The lowest BCUT2D eigenvalue weighted by atomic mass is 10.1. The number of nitrogens with two attached hydrogens (primary N) is 2. The molecule has 2 aromatic rings. The van der Waals surface area contributed by atoms with Crippen LogP contribution in [0.3, 0.4) is 0 Å². The third-order valence-corrected chi connectivity index (χ3v) is 4.12. The molecule has 0 bridgehead atoms. The third-order valence-electron chi connectivity index (χ3n) is 4.12. The van der Waals surface area contributed by atoms with Crippen molar-refractivity contribution in [3.8, 4) is 11.4 Å². The number of aryl methyl sites for hydroxylation is 1. The molecule has 4 N–H and O–H groups in total. The molecule has 0 atom stereocenters. The molecule has 108 valence electrons. The molecule has 0 aliphatic heterocycles. The zero-order valence-corrected chi connectivity index (χ0v) is 11.9. The highest BCUT2D eigenvalue weighted by molar-refractivity contribution is 5.68. The Balaban J connectivity index is 2.01. The fraction of sp³-hybridized carbons (Fsp3) is 0.571. The Morgan fingerprint density at radius 1 is 1.35 bits per heavy atom. The van der Waals surface area contributed by atoms with Crippen molar-refractivity contribution in [2.24, 2.45) is 0 Å². The second-order valence-electron chi connectivity index (χ2n) is 5.53. The molecule has 6 nitrogen and oxygen atoms in total. The number of anilines is 1. The molecule has 0 radical (unpaired) electrons. The van der Waals surface area contributed by atoms with Crippen LogP contribution in [0.4, 0.5) is 5.82 Å². The van der Waals surface area contributed by atoms with Crippen LogP contribution in [0.5, 0.6) is 0 Å². The molecular weight excluding hydrogens is 252 g/mol. The number of aromatic nitrogens is 4. The zero-order chi connectivity index (χ0) is 14.1. The van der Waals surface area contributed by atoms with Crippen molar-refractivity contribution in [1.29, 1.82) is 0 Å². The summed E-state index contributed by atoms with van der Waals surface area (Å²) >= 11 is 0. The van der Waals surface area contributed by atoms with Crippen LogP contribution in [0, 0.1) is 0 Å². The fourth-order valence-corrected chi connectivity index (χ4v) is 3.06. The van der Waals surface area contributed by atoms with E-state index in [1.165, 1.54) is 12.8 Å². The summed E-state index contributed by atoms with van der Waals surface area (Å²) in [5, 5.41) is 0. The van der Waals surface area contributed by atoms with E-state index in [1.807, 2.05) is 12.5 Å². The van der Waals surface area contributed by atoms with Gasteiger partial charge in [0.1, 0.15) is 11.5 Å². The Hall–Kier alpha value is -1.98.